The molecule has 3 aromatic rings. The number of anilines is 1. The largest absolute Gasteiger partial charge is 0.444 e. The molecule has 1 aromatic carbocycles. The number of benzene rings is 1. The fraction of sp³-hybridized carbons (Fsp3) is 0.407. The van der Waals surface area contributed by atoms with E-state index in [0.29, 0.717) is 30.7 Å². The first kappa shape index (κ1) is 27.1. The van der Waals surface area contributed by atoms with E-state index < -0.39 is 11.7 Å². The highest BCUT2D eigenvalue weighted by Gasteiger charge is 2.26. The number of nitrogens with zero attached hydrogens (tertiary/aromatic N) is 3. The molecule has 1 saturated heterocycles. The van der Waals surface area contributed by atoms with Gasteiger partial charge in [-0.3, -0.25) is 9.59 Å². The van der Waals surface area contributed by atoms with Crippen molar-refractivity contribution >= 4 is 40.6 Å². The summed E-state index contributed by atoms with van der Waals surface area (Å²) >= 11 is 3.32. The fourth-order valence-corrected chi connectivity index (χ4v) is 6.08. The molecule has 4 rings (SSSR count). The molecule has 0 spiro atoms. The molecule has 1 N–H and O–H groups in total. The van der Waals surface area contributed by atoms with E-state index in [1.165, 1.54) is 18.2 Å². The molecule has 37 heavy (non-hydrogen) atoms. The third kappa shape index (κ3) is 7.07. The number of halogens is 1. The molecule has 196 valence electrons. The lowest BCUT2D eigenvalue weighted by atomic mass is 9.94. The summed E-state index contributed by atoms with van der Waals surface area (Å²) in [6.45, 7) is 10.9. The van der Waals surface area contributed by atoms with E-state index in [1.807, 2.05) is 6.20 Å². The summed E-state index contributed by atoms with van der Waals surface area (Å²) in [6, 6.07) is 4.12. The number of thiazole rings is 1. The lowest BCUT2D eigenvalue weighted by Crippen LogP contribution is -2.40. The van der Waals surface area contributed by atoms with Crippen molar-refractivity contribution in [2.24, 2.45) is 5.92 Å². The first-order valence-electron chi connectivity index (χ1n) is 12.2. The van der Waals surface area contributed by atoms with Crippen LogP contribution in [0.25, 0.3) is 0 Å². The minimum Gasteiger partial charge on any atom is -0.444 e. The Morgan fingerprint density at radius 1 is 1.32 bits per heavy atom. The number of hydrogen-bond acceptors (Lipinski definition) is 7. The Kier molecular flexibility index (Phi) is 8.49. The lowest BCUT2D eigenvalue weighted by Gasteiger charge is -2.32. The number of carbonyl (C=O) groups excluding carboxylic acids is 2. The van der Waals surface area contributed by atoms with Crippen LogP contribution in [0, 0.1) is 11.7 Å². The number of hydrogen-bond donors (Lipinski definition) is 1. The average molecular weight is 543 g/mol. The van der Waals surface area contributed by atoms with Gasteiger partial charge in [0.25, 0.3) is 5.91 Å². The van der Waals surface area contributed by atoms with E-state index in [4.69, 9.17) is 4.42 Å². The molecule has 2 amide bonds. The highest BCUT2D eigenvalue weighted by molar-refractivity contribution is 8.00. The summed E-state index contributed by atoms with van der Waals surface area (Å²) in [5.41, 5.74) is 0.223. The lowest BCUT2D eigenvalue weighted by molar-refractivity contribution is -0.111. The van der Waals surface area contributed by atoms with Crippen LogP contribution in [0.5, 0.6) is 0 Å². The van der Waals surface area contributed by atoms with Gasteiger partial charge in [0.2, 0.25) is 11.8 Å². The Labute approximate surface area is 224 Å². The molecular formula is C27H31FN4O3S2. The maximum Gasteiger partial charge on any atom is 0.253 e. The third-order valence-electron chi connectivity index (χ3n) is 6.09. The predicted molar refractivity (Wildman–Crippen MR) is 144 cm³/mol. The molecule has 1 fully saturated rings. The van der Waals surface area contributed by atoms with Gasteiger partial charge in [-0.25, -0.2) is 14.4 Å². The molecule has 1 aliphatic heterocycles. The van der Waals surface area contributed by atoms with E-state index in [9.17, 15) is 14.0 Å². The third-order valence-corrected chi connectivity index (χ3v) is 8.29. The van der Waals surface area contributed by atoms with Gasteiger partial charge >= 0.3 is 0 Å². The summed E-state index contributed by atoms with van der Waals surface area (Å²) in [5.74, 6) is 1.16. The summed E-state index contributed by atoms with van der Waals surface area (Å²) in [7, 11) is 0. The van der Waals surface area contributed by atoms with Gasteiger partial charge in [0.05, 0.1) is 33.1 Å². The number of thioether (sulfide) groups is 1. The van der Waals surface area contributed by atoms with Gasteiger partial charge in [0.1, 0.15) is 11.6 Å². The van der Waals surface area contributed by atoms with E-state index in [2.05, 4.69) is 42.6 Å². The number of carbonyl (C=O) groups is 2. The number of oxazole rings is 1. The zero-order valence-corrected chi connectivity index (χ0v) is 22.9. The van der Waals surface area contributed by atoms with Crippen LogP contribution in [-0.2, 0) is 22.4 Å². The number of likely N-dealkylation sites (tertiary alicyclic amines) is 1. The maximum absolute atomic E-state index is 14.4. The van der Waals surface area contributed by atoms with Crippen molar-refractivity contribution < 1.29 is 18.4 Å². The van der Waals surface area contributed by atoms with Crippen molar-refractivity contribution in [2.75, 3.05) is 18.4 Å². The van der Waals surface area contributed by atoms with Crippen LogP contribution in [0.3, 0.4) is 0 Å². The molecule has 7 nitrogen and oxygen atoms in total. The molecule has 0 aliphatic carbocycles. The van der Waals surface area contributed by atoms with Gasteiger partial charge in [-0.2, -0.15) is 0 Å². The van der Waals surface area contributed by atoms with E-state index in [1.54, 1.807) is 34.2 Å². The second kappa shape index (κ2) is 11.6. The van der Waals surface area contributed by atoms with Crippen LogP contribution in [0.2, 0.25) is 0 Å². The van der Waals surface area contributed by atoms with E-state index in [0.717, 1.165) is 40.3 Å². The molecule has 0 bridgehead atoms. The van der Waals surface area contributed by atoms with Gasteiger partial charge in [0, 0.05) is 30.5 Å². The number of nitrogens with one attached hydrogen (secondary N) is 1. The van der Waals surface area contributed by atoms with E-state index >= 15 is 0 Å². The second-order valence-corrected chi connectivity index (χ2v) is 12.5. The molecule has 3 heterocycles. The smallest absolute Gasteiger partial charge is 0.253 e. The van der Waals surface area contributed by atoms with Gasteiger partial charge in [0.15, 0.2) is 0 Å². The minimum absolute atomic E-state index is 0.0212. The molecule has 1 atom stereocenters. The standard InChI is InChI=1S/C27H31FN4O3S2/c1-5-22(33)31-20-9-8-18(12-19(20)28)26(34)32-10-6-7-17(15-32)11-24-30-14-25(37-24)36-16-23-29-13-21(35-23)27(2,3)4/h5,8-9,12-14,17H,1,6-7,10-11,15-16H2,2-4H3,(H,31,33). The number of rotatable bonds is 8. The van der Waals surface area contributed by atoms with Crippen LogP contribution in [0.15, 0.2) is 51.9 Å². The van der Waals surface area contributed by atoms with Crippen LogP contribution in [0.1, 0.15) is 60.6 Å². The van der Waals surface area contributed by atoms with Crippen molar-refractivity contribution in [3.63, 3.8) is 0 Å². The topological polar surface area (TPSA) is 88.3 Å². The molecule has 0 saturated carbocycles. The fourth-order valence-electron chi connectivity index (χ4n) is 4.09. The Balaban J connectivity index is 1.31. The molecular weight excluding hydrogens is 511 g/mol. The summed E-state index contributed by atoms with van der Waals surface area (Å²) in [5, 5.41) is 3.43. The van der Waals surface area contributed by atoms with Crippen LogP contribution < -0.4 is 5.32 Å². The Morgan fingerprint density at radius 2 is 2.14 bits per heavy atom. The number of aromatic nitrogens is 2. The minimum atomic E-state index is -0.651. The van der Waals surface area contributed by atoms with Crippen LogP contribution in [0.4, 0.5) is 10.1 Å². The zero-order chi connectivity index (χ0) is 26.6. The Morgan fingerprint density at radius 3 is 2.84 bits per heavy atom. The molecule has 1 aliphatic rings. The Hall–Kier alpha value is -2.98. The molecule has 10 heteroatoms. The van der Waals surface area contributed by atoms with Gasteiger partial charge in [-0.15, -0.1) is 23.1 Å². The second-order valence-electron chi connectivity index (χ2n) is 10.1. The van der Waals surface area contributed by atoms with Crippen molar-refractivity contribution in [3.05, 3.63) is 71.3 Å². The summed E-state index contributed by atoms with van der Waals surface area (Å²) < 4.78 is 21.4. The van der Waals surface area contributed by atoms with Gasteiger partial charge in [-0.1, -0.05) is 27.4 Å². The van der Waals surface area contributed by atoms with Crippen molar-refractivity contribution in [1.82, 2.24) is 14.9 Å². The van der Waals surface area contributed by atoms with Gasteiger partial charge in [-0.05, 0) is 43.0 Å². The quantitative estimate of drug-likeness (QED) is 0.274. The highest BCUT2D eigenvalue weighted by Crippen LogP contribution is 2.32. The van der Waals surface area contributed by atoms with Crippen molar-refractivity contribution in [3.8, 4) is 0 Å². The first-order chi connectivity index (χ1) is 17.6. The first-order valence-corrected chi connectivity index (χ1v) is 14.0. The van der Waals surface area contributed by atoms with Crippen LogP contribution in [-0.4, -0.2) is 39.8 Å². The van der Waals surface area contributed by atoms with Crippen molar-refractivity contribution in [2.45, 2.75) is 55.4 Å². The summed E-state index contributed by atoms with van der Waals surface area (Å²) in [4.78, 5) is 35.3. The van der Waals surface area contributed by atoms with Gasteiger partial charge < -0.3 is 14.6 Å². The summed E-state index contributed by atoms with van der Waals surface area (Å²) in [6.07, 6.45) is 7.45. The average Bonchev–Trinajstić information content (AvgIpc) is 3.53. The molecule has 1 unspecified atom stereocenters. The predicted octanol–water partition coefficient (Wildman–Crippen LogP) is 6.08. The normalized spacial score (nSPS) is 16.0. The SMILES string of the molecule is C=CC(=O)Nc1ccc(C(=O)N2CCCC(Cc3ncc(SCc4ncc(C(C)(C)C)o4)s3)C2)cc1F. The van der Waals surface area contributed by atoms with E-state index in [-0.39, 0.29) is 22.6 Å². The molecule has 0 radical (unpaired) electrons. The van der Waals surface area contributed by atoms with Crippen LogP contribution >= 0.6 is 23.1 Å². The maximum atomic E-state index is 14.4. The Bertz CT molecular complexity index is 1280. The van der Waals surface area contributed by atoms with Crippen molar-refractivity contribution in [1.29, 1.82) is 0 Å². The number of amides is 2. The monoisotopic (exact) mass is 542 g/mol. The highest BCUT2D eigenvalue weighted by atomic mass is 32.2. The number of piperidine rings is 1. The molecule has 2 aromatic heterocycles. The zero-order valence-electron chi connectivity index (χ0n) is 21.3.